The summed E-state index contributed by atoms with van der Waals surface area (Å²) < 4.78 is 0. The number of rotatable bonds is 0. The smallest absolute Gasteiger partial charge is 0.237 e. The molecule has 1 spiro atoms. The van der Waals surface area contributed by atoms with Crippen LogP contribution in [0.15, 0.2) is 0 Å². The Bertz CT molecular complexity index is 450. The summed E-state index contributed by atoms with van der Waals surface area (Å²) >= 11 is 7.46. The topological polar surface area (TPSA) is 23.6 Å². The molecule has 3 aliphatic heterocycles. The molecule has 3 fully saturated rings. The lowest BCUT2D eigenvalue weighted by atomic mass is 9.62. The van der Waals surface area contributed by atoms with Crippen molar-refractivity contribution < 1.29 is 4.79 Å². The minimum atomic E-state index is -0.373. The molecule has 3 aliphatic rings. The Balaban J connectivity index is 2.17. The summed E-state index contributed by atoms with van der Waals surface area (Å²) in [5.41, 5.74) is -0.150. The summed E-state index contributed by atoms with van der Waals surface area (Å²) in [4.78, 5) is 16.5. The summed E-state index contributed by atoms with van der Waals surface area (Å²) in [5, 5.41) is 0.720. The molecule has 2 unspecified atom stereocenters. The van der Waals surface area contributed by atoms with E-state index in [0.29, 0.717) is 0 Å². The highest BCUT2D eigenvalue weighted by Gasteiger charge is 2.73. The third-order valence-corrected chi connectivity index (χ3v) is 8.03. The van der Waals surface area contributed by atoms with E-state index >= 15 is 0 Å². The highest BCUT2D eigenvalue weighted by Crippen LogP contribution is 2.69. The van der Waals surface area contributed by atoms with Crippen LogP contribution in [0, 0.1) is 10.8 Å². The minimum absolute atomic E-state index is 0.112. The third-order valence-electron chi connectivity index (χ3n) is 5.11. The van der Waals surface area contributed by atoms with E-state index in [9.17, 15) is 4.79 Å². The summed E-state index contributed by atoms with van der Waals surface area (Å²) in [6, 6.07) is 0. The summed E-state index contributed by atoms with van der Waals surface area (Å²) in [6.45, 7) is 7.51. The predicted octanol–water partition coefficient (Wildman–Crippen LogP) is 2.31. The van der Waals surface area contributed by atoms with Gasteiger partial charge in [-0.3, -0.25) is 9.69 Å². The lowest BCUT2D eigenvalue weighted by Gasteiger charge is -2.72. The number of hydrogen-bond donors (Lipinski definition) is 0. The molecule has 0 aromatic carbocycles. The molecule has 3 saturated heterocycles. The molecule has 0 radical (unpaired) electrons. The lowest BCUT2D eigenvalue weighted by molar-refractivity contribution is -0.154. The molecule has 0 aliphatic carbocycles. The van der Waals surface area contributed by atoms with E-state index in [-0.39, 0.29) is 21.6 Å². The molecule has 3 nitrogen and oxygen atoms in total. The number of thioether (sulfide) groups is 1. The second-order valence-electron chi connectivity index (χ2n) is 6.52. The van der Waals surface area contributed by atoms with Crippen molar-refractivity contribution in [3.8, 4) is 0 Å². The molecule has 0 N–H and O–H groups in total. The Morgan fingerprint density at radius 1 is 1.33 bits per heavy atom. The number of nitrogens with zero attached hydrogens (tertiary/aromatic N) is 2. The predicted molar refractivity (Wildman–Crippen MR) is 78.4 cm³/mol. The second kappa shape index (κ2) is 3.42. The maximum Gasteiger partial charge on any atom is 0.237 e. The van der Waals surface area contributed by atoms with E-state index in [1.807, 2.05) is 18.8 Å². The van der Waals surface area contributed by atoms with E-state index in [1.54, 1.807) is 4.90 Å². The maximum absolute atomic E-state index is 12.6. The van der Waals surface area contributed by atoms with Crippen LogP contribution in [0.2, 0.25) is 0 Å². The average molecular weight is 284 g/mol. The minimum Gasteiger partial charge on any atom is -0.332 e. The second-order valence-corrected chi connectivity index (χ2v) is 8.05. The molecule has 18 heavy (non-hydrogen) atoms. The zero-order chi connectivity index (χ0) is 13.3. The van der Waals surface area contributed by atoms with Gasteiger partial charge in [0.2, 0.25) is 5.91 Å². The number of piperidine rings is 1. The van der Waals surface area contributed by atoms with Crippen LogP contribution < -0.4 is 0 Å². The standard InChI is InChI=1S/C13H20N2OS2/c1-11(2)9(16)14(4)10(17)15-7-5-6-12(3)8-18-13(11,12)15/h5-8H2,1-4H3. The molecule has 0 aromatic heterocycles. The third kappa shape index (κ3) is 1.10. The summed E-state index contributed by atoms with van der Waals surface area (Å²) in [5.74, 6) is 1.32. The number of amides is 1. The molecular formula is C13H20N2OS2. The lowest BCUT2D eigenvalue weighted by Crippen LogP contribution is -2.81. The van der Waals surface area contributed by atoms with Crippen molar-refractivity contribution in [2.24, 2.45) is 10.8 Å². The fraction of sp³-hybridized carbons (Fsp3) is 0.846. The van der Waals surface area contributed by atoms with Gasteiger partial charge in [0.1, 0.15) is 4.87 Å². The highest BCUT2D eigenvalue weighted by molar-refractivity contribution is 8.02. The molecule has 5 heteroatoms. The molecule has 3 heterocycles. The van der Waals surface area contributed by atoms with Crippen molar-refractivity contribution in [3.05, 3.63) is 0 Å². The van der Waals surface area contributed by atoms with Crippen LogP contribution in [-0.4, -0.2) is 45.0 Å². The van der Waals surface area contributed by atoms with Crippen LogP contribution in [0.3, 0.4) is 0 Å². The summed E-state index contributed by atoms with van der Waals surface area (Å²) in [7, 11) is 1.81. The van der Waals surface area contributed by atoms with E-state index in [0.717, 1.165) is 17.4 Å². The SMILES string of the molecule is CN1C(=O)C(C)(C)C23SCC2(C)CCCN3C1=S. The van der Waals surface area contributed by atoms with Gasteiger partial charge in [-0.15, -0.1) is 11.8 Å². The monoisotopic (exact) mass is 284 g/mol. The molecule has 2 atom stereocenters. The molecule has 0 aromatic rings. The van der Waals surface area contributed by atoms with Crippen LogP contribution in [0.4, 0.5) is 0 Å². The van der Waals surface area contributed by atoms with Crippen LogP contribution in [0.5, 0.6) is 0 Å². The molecule has 0 bridgehead atoms. The van der Waals surface area contributed by atoms with Crippen molar-refractivity contribution in [2.45, 2.75) is 38.5 Å². The van der Waals surface area contributed by atoms with Gasteiger partial charge in [-0.1, -0.05) is 6.92 Å². The first kappa shape index (κ1) is 12.7. The molecule has 100 valence electrons. The molecular weight excluding hydrogens is 264 g/mol. The van der Waals surface area contributed by atoms with E-state index in [1.165, 1.54) is 12.8 Å². The van der Waals surface area contributed by atoms with Crippen molar-refractivity contribution in [2.75, 3.05) is 19.3 Å². The van der Waals surface area contributed by atoms with Gasteiger partial charge in [0.15, 0.2) is 5.11 Å². The quantitative estimate of drug-likeness (QED) is 0.637. The van der Waals surface area contributed by atoms with Gasteiger partial charge in [0.05, 0.1) is 5.41 Å². The Hall–Kier alpha value is -0.290. The number of carbonyl (C=O) groups excluding carboxylic acids is 1. The first-order chi connectivity index (χ1) is 8.28. The van der Waals surface area contributed by atoms with Crippen molar-refractivity contribution >= 4 is 35.0 Å². The van der Waals surface area contributed by atoms with Gasteiger partial charge >= 0.3 is 0 Å². The maximum atomic E-state index is 12.6. The highest BCUT2D eigenvalue weighted by atomic mass is 32.2. The van der Waals surface area contributed by atoms with Gasteiger partial charge in [-0.25, -0.2) is 0 Å². The Kier molecular flexibility index (Phi) is 2.42. The van der Waals surface area contributed by atoms with Crippen LogP contribution in [0.1, 0.15) is 33.6 Å². The number of thiocarbonyl (C=S) groups is 1. The molecule has 0 saturated carbocycles. The Morgan fingerprint density at radius 2 is 2.00 bits per heavy atom. The van der Waals surface area contributed by atoms with Crippen molar-refractivity contribution in [1.29, 1.82) is 0 Å². The van der Waals surface area contributed by atoms with Gasteiger partial charge in [0, 0.05) is 24.8 Å². The van der Waals surface area contributed by atoms with Gasteiger partial charge in [-0.2, -0.15) is 0 Å². The fourth-order valence-electron chi connectivity index (χ4n) is 4.22. The fourth-order valence-corrected chi connectivity index (χ4v) is 6.53. The van der Waals surface area contributed by atoms with Crippen molar-refractivity contribution in [3.63, 3.8) is 0 Å². The normalized spacial score (nSPS) is 42.2. The number of hydrogen-bond acceptors (Lipinski definition) is 3. The number of carbonyl (C=O) groups is 1. The molecule has 3 rings (SSSR count). The molecule has 1 amide bonds. The van der Waals surface area contributed by atoms with Crippen LogP contribution in [-0.2, 0) is 4.79 Å². The Morgan fingerprint density at radius 3 is 2.56 bits per heavy atom. The first-order valence-corrected chi connectivity index (χ1v) is 7.91. The zero-order valence-electron chi connectivity index (χ0n) is 11.4. The average Bonchev–Trinajstić information content (AvgIpc) is 2.30. The van der Waals surface area contributed by atoms with Gasteiger partial charge in [-0.05, 0) is 38.9 Å². The van der Waals surface area contributed by atoms with Gasteiger partial charge in [0.25, 0.3) is 0 Å². The first-order valence-electron chi connectivity index (χ1n) is 6.52. The van der Waals surface area contributed by atoms with Crippen LogP contribution >= 0.6 is 24.0 Å². The van der Waals surface area contributed by atoms with Crippen molar-refractivity contribution in [1.82, 2.24) is 9.80 Å². The van der Waals surface area contributed by atoms with E-state index in [4.69, 9.17) is 12.2 Å². The Labute approximate surface area is 118 Å². The van der Waals surface area contributed by atoms with E-state index in [2.05, 4.69) is 25.7 Å². The van der Waals surface area contributed by atoms with Crippen LogP contribution in [0.25, 0.3) is 0 Å². The zero-order valence-corrected chi connectivity index (χ0v) is 13.1. The summed E-state index contributed by atoms with van der Waals surface area (Å²) in [6.07, 6.45) is 2.39. The largest absolute Gasteiger partial charge is 0.332 e. The van der Waals surface area contributed by atoms with Gasteiger partial charge < -0.3 is 4.90 Å². The van der Waals surface area contributed by atoms with E-state index < -0.39 is 0 Å².